The van der Waals surface area contributed by atoms with Crippen LogP contribution in [0.4, 0.5) is 4.79 Å². The summed E-state index contributed by atoms with van der Waals surface area (Å²) < 4.78 is 0.886. The minimum Gasteiger partial charge on any atom is -0.323 e. The number of hydrogen-bond donors (Lipinski definition) is 1. The first-order chi connectivity index (χ1) is 7.09. The van der Waals surface area contributed by atoms with Gasteiger partial charge in [-0.2, -0.15) is 0 Å². The molecule has 0 aromatic carbocycles. The molecule has 0 radical (unpaired) electrons. The molecule has 1 fully saturated rings. The second-order valence-corrected chi connectivity index (χ2v) is 5.80. The number of nitrogens with zero attached hydrogens (tertiary/aromatic N) is 2. The molecule has 0 spiro atoms. The maximum atomic E-state index is 10.7. The molecule has 0 aromatic heterocycles. The van der Waals surface area contributed by atoms with Gasteiger partial charge in [0.1, 0.15) is 4.38 Å². The summed E-state index contributed by atoms with van der Waals surface area (Å²) in [6.07, 6.45) is 1.08. The zero-order valence-electron chi connectivity index (χ0n) is 8.81. The van der Waals surface area contributed by atoms with E-state index >= 15 is 0 Å². The number of thioether (sulfide) groups is 2. The zero-order valence-corrected chi connectivity index (χ0v) is 10.4. The van der Waals surface area contributed by atoms with E-state index in [1.54, 1.807) is 36.8 Å². The number of nitrogens with one attached hydrogen (secondary N) is 1. The Balaban J connectivity index is 2.47. The number of rotatable bonds is 2. The molecule has 1 amide bonds. The van der Waals surface area contributed by atoms with E-state index in [0.717, 1.165) is 10.1 Å². The molecule has 0 aliphatic carbocycles. The first-order valence-corrected chi connectivity index (χ1v) is 6.12. The van der Waals surface area contributed by atoms with Crippen LogP contribution in [0.5, 0.6) is 0 Å². The van der Waals surface area contributed by atoms with Gasteiger partial charge in [-0.3, -0.25) is 9.83 Å². The van der Waals surface area contributed by atoms with Crippen molar-refractivity contribution in [2.24, 2.45) is 10.1 Å². The highest BCUT2D eigenvalue weighted by molar-refractivity contribution is 8.42. The molecular formula is C8H13N3O2S2. The average molecular weight is 247 g/mol. The highest BCUT2D eigenvalue weighted by Gasteiger charge is 2.33. The van der Waals surface area contributed by atoms with Gasteiger partial charge >= 0.3 is 6.09 Å². The molecule has 0 unspecified atom stereocenters. The third-order valence-corrected chi connectivity index (χ3v) is 4.68. The van der Waals surface area contributed by atoms with Crippen LogP contribution in [0.3, 0.4) is 0 Å². The van der Waals surface area contributed by atoms with Gasteiger partial charge in [0.2, 0.25) is 0 Å². The van der Waals surface area contributed by atoms with Crippen molar-refractivity contribution < 1.29 is 9.63 Å². The van der Waals surface area contributed by atoms with E-state index in [0.29, 0.717) is 0 Å². The average Bonchev–Trinajstić information content (AvgIpc) is 2.60. The number of amides is 1. The molecule has 1 heterocycles. The zero-order chi connectivity index (χ0) is 11.3. The summed E-state index contributed by atoms with van der Waals surface area (Å²) in [6.45, 7) is 2.03. The Bertz CT molecular complexity index is 306. The molecule has 1 rings (SSSR count). The van der Waals surface area contributed by atoms with E-state index in [1.807, 2.05) is 6.92 Å². The third-order valence-electron chi connectivity index (χ3n) is 1.65. The Labute approximate surface area is 97.1 Å². The molecule has 1 saturated heterocycles. The lowest BCUT2D eigenvalue weighted by Gasteiger charge is -2.12. The molecule has 15 heavy (non-hydrogen) atoms. The Morgan fingerprint density at radius 1 is 1.73 bits per heavy atom. The monoisotopic (exact) mass is 247 g/mol. The third kappa shape index (κ3) is 3.75. The summed E-state index contributed by atoms with van der Waals surface area (Å²) in [7, 11) is 3.25. The van der Waals surface area contributed by atoms with Crippen LogP contribution in [0.2, 0.25) is 0 Å². The molecule has 84 valence electrons. The first kappa shape index (κ1) is 12.4. The minimum absolute atomic E-state index is 0.145. The Hall–Kier alpha value is -0.690. The molecule has 0 bridgehead atoms. The molecule has 0 aromatic rings. The summed E-state index contributed by atoms with van der Waals surface area (Å²) in [5.41, 5.74) is 0. The Kier molecular flexibility index (Phi) is 4.46. The van der Waals surface area contributed by atoms with E-state index < -0.39 is 6.09 Å². The van der Waals surface area contributed by atoms with E-state index in [2.05, 4.69) is 20.3 Å². The number of carbonyl (C=O) groups is 1. The number of aliphatic imine (C=N–C) groups is 1. The summed E-state index contributed by atoms with van der Waals surface area (Å²) in [5, 5.41) is 5.95. The summed E-state index contributed by atoms with van der Waals surface area (Å²) in [6, 6.07) is 0. The van der Waals surface area contributed by atoms with Crippen molar-refractivity contribution in [3.8, 4) is 0 Å². The van der Waals surface area contributed by atoms with E-state index in [-0.39, 0.29) is 4.75 Å². The fourth-order valence-corrected chi connectivity index (χ4v) is 3.46. The van der Waals surface area contributed by atoms with Crippen LogP contribution in [0.15, 0.2) is 10.1 Å². The van der Waals surface area contributed by atoms with Crippen molar-refractivity contribution in [2.75, 3.05) is 19.8 Å². The van der Waals surface area contributed by atoms with Crippen LogP contribution < -0.4 is 5.32 Å². The van der Waals surface area contributed by atoms with E-state index in [1.165, 1.54) is 7.05 Å². The van der Waals surface area contributed by atoms with Gasteiger partial charge in [0, 0.05) is 19.8 Å². The van der Waals surface area contributed by atoms with Gasteiger partial charge in [0.05, 0.1) is 11.0 Å². The van der Waals surface area contributed by atoms with E-state index in [9.17, 15) is 4.79 Å². The standard InChI is InChI=1S/C8H13N3O2S2/c1-8(4-11-13-6(12)9-2)5-14-7(10-3)15-8/h4H,5H2,1-3H3,(H,9,12)/t8-/m1/s1. The van der Waals surface area contributed by atoms with Crippen molar-refractivity contribution in [1.29, 1.82) is 0 Å². The van der Waals surface area contributed by atoms with Crippen LogP contribution in [0, 0.1) is 0 Å². The molecule has 1 aliphatic rings. The smallest absolute Gasteiger partial charge is 0.323 e. The topological polar surface area (TPSA) is 63.1 Å². The van der Waals surface area contributed by atoms with Gasteiger partial charge < -0.3 is 5.32 Å². The van der Waals surface area contributed by atoms with Crippen molar-refractivity contribution in [3.63, 3.8) is 0 Å². The summed E-state index contributed by atoms with van der Waals surface area (Å²) >= 11 is 3.30. The SMILES string of the molecule is CN=C1SC[C@@](C)(C=NOC(=O)NC)S1. The van der Waals surface area contributed by atoms with Crippen LogP contribution in [0.25, 0.3) is 0 Å². The second-order valence-electron chi connectivity index (χ2n) is 3.06. The molecule has 7 heteroatoms. The quantitative estimate of drug-likeness (QED) is 0.457. The van der Waals surface area contributed by atoms with Crippen LogP contribution in [-0.2, 0) is 4.84 Å². The van der Waals surface area contributed by atoms with Gasteiger partial charge in [-0.05, 0) is 6.92 Å². The maximum Gasteiger partial charge on any atom is 0.433 e. The number of hydrogen-bond acceptors (Lipinski definition) is 6. The van der Waals surface area contributed by atoms with Gasteiger partial charge in [0.15, 0.2) is 0 Å². The van der Waals surface area contributed by atoms with Crippen molar-refractivity contribution in [1.82, 2.24) is 5.32 Å². The Morgan fingerprint density at radius 2 is 2.47 bits per heavy atom. The fraction of sp³-hybridized carbons (Fsp3) is 0.625. The van der Waals surface area contributed by atoms with Gasteiger partial charge in [0.25, 0.3) is 0 Å². The van der Waals surface area contributed by atoms with Crippen molar-refractivity contribution in [2.45, 2.75) is 11.7 Å². The van der Waals surface area contributed by atoms with Gasteiger partial charge in [-0.25, -0.2) is 4.79 Å². The van der Waals surface area contributed by atoms with Crippen molar-refractivity contribution in [3.05, 3.63) is 0 Å². The van der Waals surface area contributed by atoms with Crippen LogP contribution in [0.1, 0.15) is 6.92 Å². The molecule has 1 N–H and O–H groups in total. The normalized spacial score (nSPS) is 28.6. The number of carbonyl (C=O) groups excluding carboxylic acids is 1. The molecule has 5 nitrogen and oxygen atoms in total. The fourth-order valence-electron chi connectivity index (χ4n) is 0.869. The van der Waals surface area contributed by atoms with E-state index in [4.69, 9.17) is 0 Å². The first-order valence-electron chi connectivity index (χ1n) is 4.31. The van der Waals surface area contributed by atoms with Gasteiger partial charge in [-0.1, -0.05) is 28.7 Å². The van der Waals surface area contributed by atoms with Crippen LogP contribution in [-0.4, -0.2) is 41.3 Å². The predicted molar refractivity (Wildman–Crippen MR) is 65.8 cm³/mol. The maximum absolute atomic E-state index is 10.7. The lowest BCUT2D eigenvalue weighted by atomic mass is 10.2. The summed E-state index contributed by atoms with van der Waals surface area (Å²) in [4.78, 5) is 19.4. The summed E-state index contributed by atoms with van der Waals surface area (Å²) in [5.74, 6) is 0.880. The predicted octanol–water partition coefficient (Wildman–Crippen LogP) is 1.55. The van der Waals surface area contributed by atoms with Crippen molar-refractivity contribution >= 4 is 40.2 Å². The molecule has 1 atom stereocenters. The largest absolute Gasteiger partial charge is 0.433 e. The minimum atomic E-state index is -0.560. The highest BCUT2D eigenvalue weighted by Crippen LogP contribution is 2.40. The Morgan fingerprint density at radius 3 is 3.00 bits per heavy atom. The molecule has 1 aliphatic heterocycles. The van der Waals surface area contributed by atoms with Crippen LogP contribution >= 0.6 is 23.5 Å². The highest BCUT2D eigenvalue weighted by atomic mass is 32.2. The van der Waals surface area contributed by atoms with Gasteiger partial charge in [-0.15, -0.1) is 0 Å². The lowest BCUT2D eigenvalue weighted by Crippen LogP contribution is -2.23. The lowest BCUT2D eigenvalue weighted by molar-refractivity contribution is 0.153. The second kappa shape index (κ2) is 5.41. The number of oxime groups is 1. The molecule has 0 saturated carbocycles. The molecular weight excluding hydrogens is 234 g/mol.